The van der Waals surface area contributed by atoms with E-state index in [2.05, 4.69) is 4.52 Å². The van der Waals surface area contributed by atoms with Crippen LogP contribution in [0.5, 0.6) is 0 Å². The van der Waals surface area contributed by atoms with Crippen molar-refractivity contribution in [3.8, 4) is 0 Å². The first kappa shape index (κ1) is 17.1. The summed E-state index contributed by atoms with van der Waals surface area (Å²) < 4.78 is 14.9. The van der Waals surface area contributed by atoms with Crippen LogP contribution in [0, 0.1) is 0 Å². The highest BCUT2D eigenvalue weighted by Crippen LogP contribution is 2.32. The van der Waals surface area contributed by atoms with Gasteiger partial charge in [0.05, 0.1) is 19.8 Å². The molecule has 88 valence electrons. The van der Waals surface area contributed by atoms with Crippen molar-refractivity contribution in [1.82, 2.24) is 0 Å². The van der Waals surface area contributed by atoms with Crippen molar-refractivity contribution in [3.05, 3.63) is 0 Å². The zero-order chi connectivity index (χ0) is 11.4. The molecule has 0 aromatic rings. The van der Waals surface area contributed by atoms with Crippen LogP contribution in [0.2, 0.25) is 0 Å². The molecule has 0 bridgehead atoms. The maximum absolute atomic E-state index is 8.39. The highest BCUT2D eigenvalue weighted by atomic mass is 31.2. The third-order valence-electron chi connectivity index (χ3n) is 0.938. The van der Waals surface area contributed by atoms with E-state index in [1.54, 1.807) is 6.66 Å². The van der Waals surface area contributed by atoms with Gasteiger partial charge in [-0.2, -0.15) is 0 Å². The molecule has 0 saturated carbocycles. The second kappa shape index (κ2) is 13.7. The zero-order valence-electron chi connectivity index (χ0n) is 9.69. The summed E-state index contributed by atoms with van der Waals surface area (Å²) in [5.74, 6) is 0. The molecule has 0 radical (unpaired) electrons. The Labute approximate surface area is 89.8 Å². The van der Waals surface area contributed by atoms with Gasteiger partial charge in [0.25, 0.3) is 0 Å². The molecule has 0 rings (SSSR count). The molecule has 1 atom stereocenters. The van der Waals surface area contributed by atoms with Crippen molar-refractivity contribution >= 4 is 16.8 Å². The molecule has 6 heteroatoms. The molecule has 0 heterocycles. The van der Waals surface area contributed by atoms with Crippen molar-refractivity contribution < 1.29 is 18.5 Å². The molecule has 4 nitrogen and oxygen atoms in total. The van der Waals surface area contributed by atoms with Crippen LogP contribution in [-0.4, -0.2) is 38.0 Å². The molecule has 0 aromatic carbocycles. The Hall–Kier alpha value is 0.700. The van der Waals surface area contributed by atoms with Crippen LogP contribution < -0.4 is 0 Å². The Morgan fingerprint density at radius 3 is 1.36 bits per heavy atom. The van der Waals surface area contributed by atoms with Crippen LogP contribution in [0.3, 0.4) is 0 Å². The van der Waals surface area contributed by atoms with E-state index < -0.39 is 16.8 Å². The minimum Gasteiger partial charge on any atom is -0.350 e. The Morgan fingerprint density at radius 1 is 0.857 bits per heavy atom. The Bertz CT molecular complexity index is 97.3. The van der Waals surface area contributed by atoms with Gasteiger partial charge in [-0.1, -0.05) is 0 Å². The van der Waals surface area contributed by atoms with E-state index in [1.807, 2.05) is 27.4 Å². The van der Waals surface area contributed by atoms with E-state index in [9.17, 15) is 0 Å². The first-order valence-electron chi connectivity index (χ1n) is 4.63. The fraction of sp³-hybridized carbons (Fsp3) is 1.00. The lowest BCUT2D eigenvalue weighted by molar-refractivity contribution is 0.274. The van der Waals surface area contributed by atoms with E-state index >= 15 is 0 Å². The summed E-state index contributed by atoms with van der Waals surface area (Å²) in [6.07, 6.45) is 0. The van der Waals surface area contributed by atoms with Gasteiger partial charge in [0.15, 0.2) is 16.8 Å². The van der Waals surface area contributed by atoms with E-state index in [0.29, 0.717) is 6.61 Å². The summed E-state index contributed by atoms with van der Waals surface area (Å²) >= 11 is 0. The van der Waals surface area contributed by atoms with Crippen molar-refractivity contribution in [2.75, 3.05) is 33.2 Å². The topological polar surface area (TPSA) is 47.9 Å². The Morgan fingerprint density at radius 2 is 1.21 bits per heavy atom. The monoisotopic (exact) mass is 244 g/mol. The normalized spacial score (nSPS) is 12.2. The molecule has 0 aliphatic heterocycles. The van der Waals surface area contributed by atoms with E-state index in [4.69, 9.17) is 13.9 Å². The number of hydrogen-bond acceptors (Lipinski definition) is 4. The largest absolute Gasteiger partial charge is 0.350 e. The van der Waals surface area contributed by atoms with Gasteiger partial charge >= 0.3 is 0 Å². The van der Waals surface area contributed by atoms with Gasteiger partial charge in [0.1, 0.15) is 0 Å². The third kappa shape index (κ3) is 18.5. The van der Waals surface area contributed by atoms with Crippen LogP contribution in [-0.2, 0) is 13.6 Å². The molecule has 0 aromatic heterocycles. The zero-order valence-corrected chi connectivity index (χ0v) is 11.5. The summed E-state index contributed by atoms with van der Waals surface area (Å²) in [6.45, 7) is 11.5. The van der Waals surface area contributed by atoms with Gasteiger partial charge in [-0.3, -0.25) is 0 Å². The molecule has 0 spiro atoms. The highest BCUT2D eigenvalue weighted by Gasteiger charge is 1.96. The quantitative estimate of drug-likeness (QED) is 0.730. The summed E-state index contributed by atoms with van der Waals surface area (Å²) in [5.41, 5.74) is 0. The van der Waals surface area contributed by atoms with Crippen LogP contribution in [0.25, 0.3) is 0 Å². The molecule has 0 amide bonds. The van der Waals surface area contributed by atoms with Gasteiger partial charge in [-0.25, -0.2) is 0 Å². The van der Waals surface area contributed by atoms with Crippen LogP contribution in [0.4, 0.5) is 0 Å². The number of rotatable bonds is 6. The second-order valence-electron chi connectivity index (χ2n) is 2.16. The van der Waals surface area contributed by atoms with Crippen molar-refractivity contribution in [1.29, 1.82) is 0 Å². The smallest absolute Gasteiger partial charge is 0.167 e. The lowest BCUT2D eigenvalue weighted by Gasteiger charge is -2.08. The fourth-order valence-corrected chi connectivity index (χ4v) is 1.76. The fourth-order valence-electron chi connectivity index (χ4n) is 0.588. The first-order chi connectivity index (χ1) is 6.58. The maximum atomic E-state index is 8.39. The van der Waals surface area contributed by atoms with Crippen molar-refractivity contribution in [2.45, 2.75) is 20.8 Å². The summed E-state index contributed by atoms with van der Waals surface area (Å²) in [4.78, 5) is 8.39. The van der Waals surface area contributed by atoms with E-state index in [0.717, 1.165) is 13.2 Å². The van der Waals surface area contributed by atoms with Gasteiger partial charge in [-0.05, 0) is 20.8 Å². The standard InChI is InChI=1S/C5H13O2P.C3H9O2P/c1-4-6-8(3)7-5-2;1-3-5-6(2)4/h4-5H2,1-3H3;4H,3H2,1-2H3. The van der Waals surface area contributed by atoms with Crippen LogP contribution in [0.15, 0.2) is 0 Å². The van der Waals surface area contributed by atoms with Gasteiger partial charge < -0.3 is 18.5 Å². The lowest BCUT2D eigenvalue weighted by atomic mass is 10.9. The molecular formula is C8H22O4P2. The molecule has 14 heavy (non-hydrogen) atoms. The van der Waals surface area contributed by atoms with Gasteiger partial charge in [0.2, 0.25) is 0 Å². The average molecular weight is 244 g/mol. The highest BCUT2D eigenvalue weighted by molar-refractivity contribution is 7.46. The van der Waals surface area contributed by atoms with E-state index in [1.165, 1.54) is 0 Å². The molecule has 0 fully saturated rings. The molecule has 1 N–H and O–H groups in total. The number of hydrogen-bond donors (Lipinski definition) is 1. The third-order valence-corrected chi connectivity index (χ3v) is 2.81. The van der Waals surface area contributed by atoms with Crippen LogP contribution >= 0.6 is 16.8 Å². The maximum Gasteiger partial charge on any atom is 0.167 e. The van der Waals surface area contributed by atoms with E-state index in [-0.39, 0.29) is 0 Å². The molecule has 0 saturated heterocycles. The Balaban J connectivity index is 0. The molecule has 0 aliphatic rings. The minimum atomic E-state index is -1.10. The predicted molar refractivity (Wildman–Crippen MR) is 62.8 cm³/mol. The average Bonchev–Trinajstić information content (AvgIpc) is 2.05. The van der Waals surface area contributed by atoms with Crippen molar-refractivity contribution in [3.63, 3.8) is 0 Å². The van der Waals surface area contributed by atoms with Crippen LogP contribution in [0.1, 0.15) is 20.8 Å². The molecule has 1 unspecified atom stereocenters. The minimum absolute atomic E-state index is 0.581. The van der Waals surface area contributed by atoms with Gasteiger partial charge in [0, 0.05) is 13.3 Å². The second-order valence-corrected chi connectivity index (χ2v) is 4.74. The lowest BCUT2D eigenvalue weighted by Crippen LogP contribution is -1.87. The molecule has 0 aliphatic carbocycles. The van der Waals surface area contributed by atoms with Gasteiger partial charge in [-0.15, -0.1) is 0 Å². The summed E-state index contributed by atoms with van der Waals surface area (Å²) in [7, 11) is -1.68. The first-order valence-corrected chi connectivity index (χ1v) is 7.91. The SMILES string of the molecule is CCOP(C)O.CCOP(C)OCC. The summed E-state index contributed by atoms with van der Waals surface area (Å²) in [5, 5.41) is 0. The van der Waals surface area contributed by atoms with Crippen molar-refractivity contribution in [2.24, 2.45) is 0 Å². The summed E-state index contributed by atoms with van der Waals surface area (Å²) in [6, 6.07) is 0. The molecular weight excluding hydrogens is 222 g/mol. The Kier molecular flexibility index (Phi) is 16.7. The predicted octanol–water partition coefficient (Wildman–Crippen LogP) is 2.96.